The van der Waals surface area contributed by atoms with Crippen LogP contribution in [0.25, 0.3) is 0 Å². The monoisotopic (exact) mass is 332 g/mol. The minimum atomic E-state index is 0.231. The van der Waals surface area contributed by atoms with Crippen molar-refractivity contribution in [3.8, 4) is 0 Å². The summed E-state index contributed by atoms with van der Waals surface area (Å²) in [4.78, 5) is 2.31. The minimum absolute atomic E-state index is 0.231. The fraction of sp³-hybridized carbons (Fsp3) is 0.571. The van der Waals surface area contributed by atoms with E-state index in [1.807, 2.05) is 12.1 Å². The Morgan fingerprint density at radius 3 is 2.56 bits per heavy atom. The molecule has 1 unspecified atom stereocenters. The van der Waals surface area contributed by atoms with Gasteiger partial charge in [0.05, 0.1) is 5.02 Å². The number of hydrogen-bond acceptors (Lipinski definition) is 2. The van der Waals surface area contributed by atoms with Crippen molar-refractivity contribution in [3.05, 3.63) is 33.3 Å². The molecular formula is C14H22BrClN2. The van der Waals surface area contributed by atoms with Crippen LogP contribution in [0.2, 0.25) is 5.02 Å². The average Bonchev–Trinajstić information content (AvgIpc) is 2.32. The maximum Gasteiger partial charge on any atom is 0.0551 e. The molecule has 1 rings (SSSR count). The van der Waals surface area contributed by atoms with E-state index in [0.29, 0.717) is 12.5 Å². The molecule has 0 aliphatic rings. The van der Waals surface area contributed by atoms with Crippen LogP contribution in [0, 0.1) is 5.92 Å². The van der Waals surface area contributed by atoms with Crippen molar-refractivity contribution in [1.82, 2.24) is 4.90 Å². The average molecular weight is 334 g/mol. The summed E-state index contributed by atoms with van der Waals surface area (Å²) in [6.45, 7) is 6.13. The maximum absolute atomic E-state index is 6.14. The SMILES string of the molecule is CC(C)CCN(C)C(CN)c1ccc(Br)c(Cl)c1. The van der Waals surface area contributed by atoms with E-state index in [0.717, 1.165) is 16.0 Å². The molecular weight excluding hydrogens is 312 g/mol. The van der Waals surface area contributed by atoms with E-state index in [1.165, 1.54) is 12.0 Å². The lowest BCUT2D eigenvalue weighted by molar-refractivity contribution is 0.236. The molecule has 1 atom stereocenters. The fourth-order valence-electron chi connectivity index (χ4n) is 1.91. The summed E-state index contributed by atoms with van der Waals surface area (Å²) < 4.78 is 0.925. The van der Waals surface area contributed by atoms with Crippen molar-refractivity contribution in [2.45, 2.75) is 26.3 Å². The fourth-order valence-corrected chi connectivity index (χ4v) is 2.34. The lowest BCUT2D eigenvalue weighted by Crippen LogP contribution is -2.31. The Hall–Kier alpha value is -0.0900. The number of nitrogens with zero attached hydrogens (tertiary/aromatic N) is 1. The van der Waals surface area contributed by atoms with Crippen LogP contribution in [0.4, 0.5) is 0 Å². The molecule has 0 saturated heterocycles. The molecule has 2 N–H and O–H groups in total. The Kier molecular flexibility index (Phi) is 6.64. The lowest BCUT2D eigenvalue weighted by Gasteiger charge is -2.28. The van der Waals surface area contributed by atoms with Gasteiger partial charge in [0.25, 0.3) is 0 Å². The van der Waals surface area contributed by atoms with Gasteiger partial charge < -0.3 is 5.73 Å². The first-order valence-electron chi connectivity index (χ1n) is 6.31. The normalized spacial score (nSPS) is 13.3. The van der Waals surface area contributed by atoms with E-state index in [9.17, 15) is 0 Å². The Morgan fingerprint density at radius 1 is 1.39 bits per heavy atom. The highest BCUT2D eigenvalue weighted by Crippen LogP contribution is 2.28. The molecule has 0 aliphatic carbocycles. The van der Waals surface area contributed by atoms with Crippen LogP contribution < -0.4 is 5.73 Å². The zero-order valence-electron chi connectivity index (χ0n) is 11.3. The maximum atomic E-state index is 6.14. The zero-order valence-corrected chi connectivity index (χ0v) is 13.6. The third-order valence-electron chi connectivity index (χ3n) is 3.14. The number of likely N-dealkylation sites (N-methyl/N-ethyl adjacent to an activating group) is 1. The van der Waals surface area contributed by atoms with E-state index in [2.05, 4.69) is 47.8 Å². The topological polar surface area (TPSA) is 29.3 Å². The summed E-state index contributed by atoms with van der Waals surface area (Å²) in [6.07, 6.45) is 1.18. The van der Waals surface area contributed by atoms with Crippen LogP contribution in [0.1, 0.15) is 31.9 Å². The summed E-state index contributed by atoms with van der Waals surface area (Å²) in [5.74, 6) is 0.708. The van der Waals surface area contributed by atoms with Crippen LogP contribution in [-0.2, 0) is 0 Å². The smallest absolute Gasteiger partial charge is 0.0551 e. The molecule has 1 aromatic rings. The van der Waals surface area contributed by atoms with Gasteiger partial charge in [-0.2, -0.15) is 0 Å². The summed E-state index contributed by atoms with van der Waals surface area (Å²) in [5, 5.41) is 0.739. The van der Waals surface area contributed by atoms with E-state index in [4.69, 9.17) is 17.3 Å². The number of hydrogen-bond donors (Lipinski definition) is 1. The van der Waals surface area contributed by atoms with Crippen molar-refractivity contribution >= 4 is 27.5 Å². The summed E-state index contributed by atoms with van der Waals surface area (Å²) in [7, 11) is 2.12. The van der Waals surface area contributed by atoms with Crippen LogP contribution >= 0.6 is 27.5 Å². The van der Waals surface area contributed by atoms with E-state index < -0.39 is 0 Å². The molecule has 0 aromatic heterocycles. The number of benzene rings is 1. The van der Waals surface area contributed by atoms with Gasteiger partial charge in [0.1, 0.15) is 0 Å². The quantitative estimate of drug-likeness (QED) is 0.850. The Balaban J connectivity index is 2.78. The standard InChI is InChI=1S/C14H22BrClN2/c1-10(2)6-7-18(3)14(9-17)11-4-5-12(15)13(16)8-11/h4-5,8,10,14H,6-7,9,17H2,1-3H3. The van der Waals surface area contributed by atoms with Crippen LogP contribution in [0.3, 0.4) is 0 Å². The van der Waals surface area contributed by atoms with Crippen LogP contribution in [0.5, 0.6) is 0 Å². The van der Waals surface area contributed by atoms with Crippen molar-refractivity contribution in [2.75, 3.05) is 20.1 Å². The van der Waals surface area contributed by atoms with E-state index in [-0.39, 0.29) is 6.04 Å². The molecule has 0 fully saturated rings. The molecule has 4 heteroatoms. The largest absolute Gasteiger partial charge is 0.329 e. The molecule has 0 saturated carbocycles. The van der Waals surface area contributed by atoms with Gasteiger partial charge in [-0.25, -0.2) is 0 Å². The molecule has 1 aromatic carbocycles. The summed E-state index contributed by atoms with van der Waals surface area (Å²) >= 11 is 9.55. The first kappa shape index (κ1) is 16.0. The van der Waals surface area contributed by atoms with Gasteiger partial charge in [-0.3, -0.25) is 4.90 Å². The predicted molar refractivity (Wildman–Crippen MR) is 83.0 cm³/mol. The van der Waals surface area contributed by atoms with Crippen LogP contribution in [0.15, 0.2) is 22.7 Å². The summed E-state index contributed by atoms with van der Waals surface area (Å²) in [5.41, 5.74) is 7.08. The van der Waals surface area contributed by atoms with Gasteiger partial charge >= 0.3 is 0 Å². The van der Waals surface area contributed by atoms with E-state index >= 15 is 0 Å². The predicted octanol–water partition coefficient (Wildman–Crippen LogP) is 4.08. The molecule has 0 bridgehead atoms. The van der Waals surface area contributed by atoms with Gasteiger partial charge in [0.15, 0.2) is 0 Å². The molecule has 18 heavy (non-hydrogen) atoms. The molecule has 102 valence electrons. The second kappa shape index (κ2) is 7.49. The molecule has 0 radical (unpaired) electrons. The number of halogens is 2. The van der Waals surface area contributed by atoms with Crippen molar-refractivity contribution in [1.29, 1.82) is 0 Å². The highest BCUT2D eigenvalue weighted by atomic mass is 79.9. The summed E-state index contributed by atoms with van der Waals surface area (Å²) in [6, 6.07) is 6.29. The van der Waals surface area contributed by atoms with Gasteiger partial charge in [0.2, 0.25) is 0 Å². The third-order valence-corrected chi connectivity index (χ3v) is 4.38. The van der Waals surface area contributed by atoms with Gasteiger partial charge in [-0.05, 0) is 59.6 Å². The lowest BCUT2D eigenvalue weighted by atomic mass is 10.0. The van der Waals surface area contributed by atoms with Gasteiger partial charge in [0, 0.05) is 17.1 Å². The first-order valence-corrected chi connectivity index (χ1v) is 7.48. The van der Waals surface area contributed by atoms with Crippen LogP contribution in [-0.4, -0.2) is 25.0 Å². The highest BCUT2D eigenvalue weighted by Gasteiger charge is 2.16. The molecule has 0 spiro atoms. The number of nitrogens with two attached hydrogens (primary N) is 1. The van der Waals surface area contributed by atoms with Gasteiger partial charge in [-0.15, -0.1) is 0 Å². The highest BCUT2D eigenvalue weighted by molar-refractivity contribution is 9.10. The molecule has 0 aliphatic heterocycles. The Labute approximate surface area is 124 Å². The molecule has 0 heterocycles. The molecule has 2 nitrogen and oxygen atoms in total. The van der Waals surface area contributed by atoms with E-state index in [1.54, 1.807) is 0 Å². The van der Waals surface area contributed by atoms with Crippen molar-refractivity contribution in [3.63, 3.8) is 0 Å². The third kappa shape index (κ3) is 4.54. The second-order valence-corrected chi connectivity index (χ2v) is 6.35. The Morgan fingerprint density at radius 2 is 2.06 bits per heavy atom. The minimum Gasteiger partial charge on any atom is -0.329 e. The van der Waals surface area contributed by atoms with Crippen molar-refractivity contribution < 1.29 is 0 Å². The zero-order chi connectivity index (χ0) is 13.7. The van der Waals surface area contributed by atoms with Gasteiger partial charge in [-0.1, -0.05) is 31.5 Å². The number of rotatable bonds is 6. The Bertz CT molecular complexity index is 382. The first-order chi connectivity index (χ1) is 8.45. The second-order valence-electron chi connectivity index (χ2n) is 5.09. The molecule has 0 amide bonds. The van der Waals surface area contributed by atoms with Crippen molar-refractivity contribution in [2.24, 2.45) is 11.7 Å².